The van der Waals surface area contributed by atoms with Gasteiger partial charge in [0.15, 0.2) is 0 Å². The van der Waals surface area contributed by atoms with Crippen molar-refractivity contribution in [2.75, 3.05) is 7.11 Å². The van der Waals surface area contributed by atoms with Crippen LogP contribution in [0.5, 0.6) is 0 Å². The van der Waals surface area contributed by atoms with E-state index in [1.807, 2.05) is 13.8 Å². The second-order valence-electron chi connectivity index (χ2n) is 6.20. The Labute approximate surface area is 137 Å². The van der Waals surface area contributed by atoms with Gasteiger partial charge in [0.2, 0.25) is 0 Å². The van der Waals surface area contributed by atoms with E-state index in [9.17, 15) is 26.4 Å². The van der Waals surface area contributed by atoms with Crippen LogP contribution in [0.4, 0.5) is 13.2 Å². The molecule has 1 aliphatic carbocycles. The Morgan fingerprint density at radius 1 is 1.29 bits per heavy atom. The summed E-state index contributed by atoms with van der Waals surface area (Å²) in [6.07, 6.45) is -0.778. The minimum atomic E-state index is -5.73. The summed E-state index contributed by atoms with van der Waals surface area (Å²) in [5.41, 5.74) is -4.87. The zero-order chi connectivity index (χ0) is 18.3. The Hall–Kier alpha value is -1.61. The second-order valence-corrected chi connectivity index (χ2v) is 7.76. The van der Waals surface area contributed by atoms with Gasteiger partial charge >= 0.3 is 21.6 Å². The molecule has 0 amide bonds. The largest absolute Gasteiger partial charge is 0.523 e. The lowest BCUT2D eigenvalue weighted by molar-refractivity contribution is -0.0583. The van der Waals surface area contributed by atoms with Gasteiger partial charge in [-0.1, -0.05) is 19.9 Å². The lowest BCUT2D eigenvalue weighted by Crippen LogP contribution is -2.32. The normalized spacial score (nSPS) is 20.3. The molecule has 0 spiro atoms. The summed E-state index contributed by atoms with van der Waals surface area (Å²) < 4.78 is 69.4. The van der Waals surface area contributed by atoms with Gasteiger partial charge in [0, 0.05) is 0 Å². The van der Waals surface area contributed by atoms with Crippen LogP contribution < -0.4 is 0 Å². The third-order valence-electron chi connectivity index (χ3n) is 4.11. The molecular formula is C15H17F3O5S. The van der Waals surface area contributed by atoms with Crippen LogP contribution >= 0.6 is 0 Å². The zero-order valence-corrected chi connectivity index (χ0v) is 14.1. The molecule has 0 aliphatic heterocycles. The van der Waals surface area contributed by atoms with Crippen LogP contribution in [0.15, 0.2) is 18.2 Å². The summed E-state index contributed by atoms with van der Waals surface area (Å²) in [5, 5.41) is 0. The molecule has 0 saturated carbocycles. The van der Waals surface area contributed by atoms with Crippen molar-refractivity contribution in [3.05, 3.63) is 34.9 Å². The van der Waals surface area contributed by atoms with Gasteiger partial charge < -0.3 is 4.74 Å². The first-order valence-corrected chi connectivity index (χ1v) is 8.52. The van der Waals surface area contributed by atoms with Crippen LogP contribution in [0.1, 0.15) is 54.3 Å². The molecule has 134 valence electrons. The predicted octanol–water partition coefficient (Wildman–Crippen LogP) is 3.45. The van der Waals surface area contributed by atoms with Crippen molar-refractivity contribution in [1.29, 1.82) is 0 Å². The average Bonchev–Trinajstić information content (AvgIpc) is 2.48. The van der Waals surface area contributed by atoms with Gasteiger partial charge in [-0.15, -0.1) is 0 Å². The highest BCUT2D eigenvalue weighted by Crippen LogP contribution is 2.45. The van der Waals surface area contributed by atoms with Crippen LogP contribution in [-0.2, 0) is 24.5 Å². The van der Waals surface area contributed by atoms with Crippen molar-refractivity contribution in [1.82, 2.24) is 0 Å². The van der Waals surface area contributed by atoms with Crippen LogP contribution in [0, 0.1) is 0 Å². The highest BCUT2D eigenvalue weighted by atomic mass is 32.2. The summed E-state index contributed by atoms with van der Waals surface area (Å²) in [5.74, 6) is -0.668. The Balaban J connectivity index is 2.50. The van der Waals surface area contributed by atoms with Gasteiger partial charge in [-0.3, -0.25) is 4.18 Å². The quantitative estimate of drug-likeness (QED) is 0.466. The zero-order valence-electron chi connectivity index (χ0n) is 13.3. The van der Waals surface area contributed by atoms with Crippen LogP contribution in [-0.4, -0.2) is 27.0 Å². The molecule has 0 aromatic heterocycles. The summed E-state index contributed by atoms with van der Waals surface area (Å²) in [7, 11) is -4.56. The molecule has 24 heavy (non-hydrogen) atoms. The van der Waals surface area contributed by atoms with E-state index in [1.54, 1.807) is 6.07 Å². The second kappa shape index (κ2) is 6.03. The van der Waals surface area contributed by atoms with Gasteiger partial charge in [0.1, 0.15) is 6.10 Å². The van der Waals surface area contributed by atoms with Crippen molar-refractivity contribution in [3.63, 3.8) is 0 Å². The van der Waals surface area contributed by atoms with E-state index in [2.05, 4.69) is 8.92 Å². The number of hydrogen-bond acceptors (Lipinski definition) is 5. The van der Waals surface area contributed by atoms with Gasteiger partial charge in [-0.2, -0.15) is 21.6 Å². The lowest BCUT2D eigenvalue weighted by atomic mass is 9.71. The standard InChI is InChI=1S/C15H17F3O5S/c1-14(2)7-6-12(23-24(20,21)15(16,17)18)10-8-9(13(19)22-3)4-5-11(10)14/h4-5,8,12H,6-7H2,1-3H3. The fraction of sp³-hybridized carbons (Fsp3) is 0.533. The number of esters is 1. The molecule has 0 bridgehead atoms. The van der Waals surface area contributed by atoms with Crippen molar-refractivity contribution in [2.45, 2.75) is 43.7 Å². The number of carbonyl (C=O) groups excluding carboxylic acids is 1. The minimum Gasteiger partial charge on any atom is -0.465 e. The Bertz CT molecular complexity index is 753. The molecule has 5 nitrogen and oxygen atoms in total. The lowest BCUT2D eigenvalue weighted by Gasteiger charge is -2.36. The molecule has 9 heteroatoms. The number of carbonyl (C=O) groups is 1. The van der Waals surface area contributed by atoms with Crippen molar-refractivity contribution in [2.24, 2.45) is 0 Å². The first-order chi connectivity index (χ1) is 10.9. The van der Waals surface area contributed by atoms with Crippen LogP contribution in [0.25, 0.3) is 0 Å². The molecule has 0 fully saturated rings. The molecular weight excluding hydrogens is 349 g/mol. The highest BCUT2D eigenvalue weighted by Gasteiger charge is 2.49. The first kappa shape index (κ1) is 18.7. The third kappa shape index (κ3) is 3.41. The Kier molecular flexibility index (Phi) is 4.71. The number of fused-ring (bicyclic) bond motifs is 1. The summed E-state index contributed by atoms with van der Waals surface area (Å²) in [4.78, 5) is 11.7. The van der Waals surface area contributed by atoms with Gasteiger partial charge in [-0.05, 0) is 41.5 Å². The number of rotatable bonds is 3. The fourth-order valence-electron chi connectivity index (χ4n) is 2.78. The molecule has 0 saturated heterocycles. The maximum Gasteiger partial charge on any atom is 0.523 e. The predicted molar refractivity (Wildman–Crippen MR) is 78.8 cm³/mol. The molecule has 1 aromatic rings. The first-order valence-electron chi connectivity index (χ1n) is 7.11. The molecule has 0 N–H and O–H groups in total. The molecule has 1 unspecified atom stereocenters. The molecule has 1 atom stereocenters. The number of halogens is 3. The average molecular weight is 366 g/mol. The number of alkyl halides is 3. The number of hydrogen-bond donors (Lipinski definition) is 0. The summed E-state index contributed by atoms with van der Waals surface area (Å²) in [6, 6.07) is 4.42. The summed E-state index contributed by atoms with van der Waals surface area (Å²) in [6.45, 7) is 3.77. The topological polar surface area (TPSA) is 69.7 Å². The van der Waals surface area contributed by atoms with E-state index in [0.717, 1.165) is 0 Å². The number of ether oxygens (including phenoxy) is 1. The van der Waals surface area contributed by atoms with E-state index in [1.165, 1.54) is 19.2 Å². The van der Waals surface area contributed by atoms with Gasteiger partial charge in [-0.25, -0.2) is 4.79 Å². The van der Waals surface area contributed by atoms with E-state index >= 15 is 0 Å². The van der Waals surface area contributed by atoms with E-state index < -0.39 is 27.7 Å². The molecule has 1 aliphatic rings. The van der Waals surface area contributed by atoms with Crippen molar-refractivity contribution in [3.8, 4) is 0 Å². The van der Waals surface area contributed by atoms with Crippen molar-refractivity contribution < 1.29 is 35.3 Å². The van der Waals surface area contributed by atoms with Crippen molar-refractivity contribution >= 4 is 16.1 Å². The number of benzene rings is 1. The van der Waals surface area contributed by atoms with Gasteiger partial charge in [0.25, 0.3) is 0 Å². The summed E-state index contributed by atoms with van der Waals surface area (Å²) >= 11 is 0. The van der Waals surface area contributed by atoms with E-state index in [0.29, 0.717) is 12.0 Å². The highest BCUT2D eigenvalue weighted by molar-refractivity contribution is 7.87. The molecule has 0 heterocycles. The molecule has 0 radical (unpaired) electrons. The maximum absolute atomic E-state index is 12.6. The SMILES string of the molecule is COC(=O)c1ccc2c(c1)C(OS(=O)(=O)C(F)(F)F)CCC2(C)C. The molecule has 2 rings (SSSR count). The van der Waals surface area contributed by atoms with Gasteiger partial charge in [0.05, 0.1) is 12.7 Å². The maximum atomic E-state index is 12.6. The van der Waals surface area contributed by atoms with E-state index in [4.69, 9.17) is 0 Å². The monoisotopic (exact) mass is 366 g/mol. The Morgan fingerprint density at radius 2 is 1.92 bits per heavy atom. The Morgan fingerprint density at radius 3 is 2.46 bits per heavy atom. The van der Waals surface area contributed by atoms with Crippen LogP contribution in [0.3, 0.4) is 0 Å². The minimum absolute atomic E-state index is 0.0833. The fourth-order valence-corrected chi connectivity index (χ4v) is 3.39. The smallest absolute Gasteiger partial charge is 0.465 e. The third-order valence-corrected chi connectivity index (χ3v) is 5.16. The number of methoxy groups -OCH3 is 1. The van der Waals surface area contributed by atoms with E-state index in [-0.39, 0.29) is 23.0 Å². The van der Waals surface area contributed by atoms with Crippen LogP contribution in [0.2, 0.25) is 0 Å². The molecule has 1 aromatic carbocycles.